The van der Waals surface area contributed by atoms with Crippen LogP contribution in [-0.4, -0.2) is 5.91 Å². The monoisotopic (exact) mass is 282 g/mol. The highest BCUT2D eigenvalue weighted by Crippen LogP contribution is 2.24. The van der Waals surface area contributed by atoms with E-state index in [0.29, 0.717) is 5.56 Å². The van der Waals surface area contributed by atoms with Gasteiger partial charge in [-0.2, -0.15) is 0 Å². The van der Waals surface area contributed by atoms with Crippen molar-refractivity contribution in [3.05, 3.63) is 64.7 Å². The quantitative estimate of drug-likeness (QED) is 0.875. The van der Waals surface area contributed by atoms with Crippen LogP contribution in [0.1, 0.15) is 46.9 Å². The van der Waals surface area contributed by atoms with Gasteiger partial charge >= 0.3 is 0 Å². The van der Waals surface area contributed by atoms with Crippen LogP contribution in [0.3, 0.4) is 0 Å². The third-order valence-corrected chi connectivity index (χ3v) is 3.86. The predicted molar refractivity (Wildman–Crippen MR) is 87.6 cm³/mol. The van der Waals surface area contributed by atoms with Crippen LogP contribution in [0.5, 0.6) is 0 Å². The minimum Gasteiger partial charge on any atom is -0.378 e. The van der Waals surface area contributed by atoms with E-state index in [1.807, 2.05) is 19.1 Å². The Bertz CT molecular complexity index is 632. The van der Waals surface area contributed by atoms with Crippen LogP contribution in [0.15, 0.2) is 42.5 Å². The number of aryl methyl sites for hydroxylation is 1. The largest absolute Gasteiger partial charge is 0.378 e. The number of hydrogen-bond acceptors (Lipinski definition) is 2. The summed E-state index contributed by atoms with van der Waals surface area (Å²) in [7, 11) is 0. The summed E-state index contributed by atoms with van der Waals surface area (Å²) < 4.78 is 0. The zero-order chi connectivity index (χ0) is 15.4. The first kappa shape index (κ1) is 15.1. The maximum Gasteiger partial charge on any atom is 0.249 e. The van der Waals surface area contributed by atoms with Gasteiger partial charge in [0.25, 0.3) is 0 Å². The number of hydrogen-bond donors (Lipinski definition) is 2. The summed E-state index contributed by atoms with van der Waals surface area (Å²) in [5, 5.41) is 3.45. The lowest BCUT2D eigenvalue weighted by molar-refractivity contribution is 0.1000. The molecule has 0 radical (unpaired) electrons. The van der Waals surface area contributed by atoms with Crippen LogP contribution < -0.4 is 11.1 Å². The van der Waals surface area contributed by atoms with Crippen LogP contribution in [0, 0.1) is 6.92 Å². The van der Waals surface area contributed by atoms with Crippen LogP contribution in [0.2, 0.25) is 0 Å². The fourth-order valence-corrected chi connectivity index (χ4v) is 2.42. The molecule has 0 aromatic heterocycles. The Labute approximate surface area is 126 Å². The molecule has 1 unspecified atom stereocenters. The Kier molecular flexibility index (Phi) is 4.63. The maximum absolute atomic E-state index is 11.4. The number of carbonyl (C=O) groups is 1. The summed E-state index contributed by atoms with van der Waals surface area (Å²) in [6.07, 6.45) is 1.04. The van der Waals surface area contributed by atoms with Crippen molar-refractivity contribution < 1.29 is 4.79 Å². The highest BCUT2D eigenvalue weighted by atomic mass is 16.1. The second-order valence-electron chi connectivity index (χ2n) is 5.30. The lowest BCUT2D eigenvalue weighted by Gasteiger charge is -2.18. The topological polar surface area (TPSA) is 55.1 Å². The first-order valence-corrected chi connectivity index (χ1v) is 7.27. The van der Waals surface area contributed by atoms with E-state index >= 15 is 0 Å². The van der Waals surface area contributed by atoms with E-state index in [2.05, 4.69) is 43.4 Å². The zero-order valence-electron chi connectivity index (χ0n) is 12.8. The minimum absolute atomic E-state index is 0.165. The van der Waals surface area contributed by atoms with Gasteiger partial charge in [-0.25, -0.2) is 0 Å². The molecule has 1 amide bonds. The predicted octanol–water partition coefficient (Wildman–Crippen LogP) is 3.83. The second-order valence-corrected chi connectivity index (χ2v) is 5.30. The molecular weight excluding hydrogens is 260 g/mol. The fraction of sp³-hybridized carbons (Fsp3) is 0.278. The number of nitrogens with two attached hydrogens (primary N) is 1. The molecule has 0 bridgehead atoms. The summed E-state index contributed by atoms with van der Waals surface area (Å²) in [5.74, 6) is -0.392. The normalized spacial score (nSPS) is 12.0. The standard InChI is InChI=1S/C18H22N2O/c1-4-14-8-10-15(11-9-14)13(3)20-17-7-5-6-16(12(17)2)18(19)21/h5-11,13,20H,4H2,1-3H3,(H2,19,21). The lowest BCUT2D eigenvalue weighted by atomic mass is 10.0. The molecule has 3 heteroatoms. The molecule has 0 aliphatic carbocycles. The first-order chi connectivity index (χ1) is 10.0. The number of anilines is 1. The first-order valence-electron chi connectivity index (χ1n) is 7.27. The lowest BCUT2D eigenvalue weighted by Crippen LogP contribution is -2.15. The molecule has 2 aromatic carbocycles. The average molecular weight is 282 g/mol. The van der Waals surface area contributed by atoms with E-state index in [-0.39, 0.29) is 6.04 Å². The fourth-order valence-electron chi connectivity index (χ4n) is 2.42. The van der Waals surface area contributed by atoms with E-state index in [1.54, 1.807) is 6.07 Å². The van der Waals surface area contributed by atoms with Gasteiger partial charge in [-0.15, -0.1) is 0 Å². The number of carbonyl (C=O) groups excluding carboxylic acids is 1. The van der Waals surface area contributed by atoms with Crippen molar-refractivity contribution in [3.63, 3.8) is 0 Å². The molecule has 1 atom stereocenters. The smallest absolute Gasteiger partial charge is 0.249 e. The summed E-state index contributed by atoms with van der Waals surface area (Å²) in [5.41, 5.74) is 10.3. The molecule has 21 heavy (non-hydrogen) atoms. The second kappa shape index (κ2) is 6.44. The molecular formula is C18H22N2O. The Morgan fingerprint density at radius 2 is 1.86 bits per heavy atom. The Hall–Kier alpha value is -2.29. The van der Waals surface area contributed by atoms with Gasteiger partial charge in [-0.3, -0.25) is 4.79 Å². The highest BCUT2D eigenvalue weighted by molar-refractivity contribution is 5.95. The van der Waals surface area contributed by atoms with Crippen molar-refractivity contribution in [1.29, 1.82) is 0 Å². The maximum atomic E-state index is 11.4. The van der Waals surface area contributed by atoms with E-state index in [9.17, 15) is 4.79 Å². The molecule has 0 saturated heterocycles. The molecule has 0 spiro atoms. The van der Waals surface area contributed by atoms with E-state index in [4.69, 9.17) is 5.73 Å². The summed E-state index contributed by atoms with van der Waals surface area (Å²) in [6.45, 7) is 6.17. The van der Waals surface area contributed by atoms with Gasteiger partial charge in [-0.1, -0.05) is 37.3 Å². The summed E-state index contributed by atoms with van der Waals surface area (Å²) in [4.78, 5) is 11.4. The van der Waals surface area contributed by atoms with Gasteiger partial charge in [-0.05, 0) is 49.1 Å². The number of nitrogens with one attached hydrogen (secondary N) is 1. The van der Waals surface area contributed by atoms with Crippen molar-refractivity contribution in [1.82, 2.24) is 0 Å². The highest BCUT2D eigenvalue weighted by Gasteiger charge is 2.11. The Morgan fingerprint density at radius 3 is 2.43 bits per heavy atom. The van der Waals surface area contributed by atoms with Gasteiger partial charge in [0.1, 0.15) is 0 Å². The molecule has 110 valence electrons. The van der Waals surface area contributed by atoms with Crippen molar-refractivity contribution in [3.8, 4) is 0 Å². The Morgan fingerprint density at radius 1 is 1.19 bits per heavy atom. The minimum atomic E-state index is -0.392. The van der Waals surface area contributed by atoms with Gasteiger partial charge in [0.05, 0.1) is 0 Å². The van der Waals surface area contributed by atoms with Gasteiger partial charge in [0.2, 0.25) is 5.91 Å². The third kappa shape index (κ3) is 3.43. The number of benzene rings is 2. The number of primary amides is 1. The average Bonchev–Trinajstić information content (AvgIpc) is 2.49. The van der Waals surface area contributed by atoms with Gasteiger partial charge in [0, 0.05) is 17.3 Å². The zero-order valence-corrected chi connectivity index (χ0v) is 12.8. The third-order valence-electron chi connectivity index (χ3n) is 3.86. The molecule has 2 rings (SSSR count). The molecule has 0 aliphatic heterocycles. The van der Waals surface area contributed by atoms with E-state index in [1.165, 1.54) is 11.1 Å². The van der Waals surface area contributed by atoms with Crippen molar-refractivity contribution in [2.75, 3.05) is 5.32 Å². The molecule has 3 nitrogen and oxygen atoms in total. The summed E-state index contributed by atoms with van der Waals surface area (Å²) in [6, 6.07) is 14.3. The van der Waals surface area contributed by atoms with Crippen LogP contribution in [0.4, 0.5) is 5.69 Å². The Balaban J connectivity index is 2.20. The summed E-state index contributed by atoms with van der Waals surface area (Å²) >= 11 is 0. The molecule has 0 saturated carbocycles. The van der Waals surface area contributed by atoms with Gasteiger partial charge in [0.15, 0.2) is 0 Å². The van der Waals surface area contributed by atoms with E-state index in [0.717, 1.165) is 17.7 Å². The molecule has 3 N–H and O–H groups in total. The molecule has 0 fully saturated rings. The van der Waals surface area contributed by atoms with Crippen molar-refractivity contribution in [2.24, 2.45) is 5.73 Å². The van der Waals surface area contributed by atoms with Crippen LogP contribution >= 0.6 is 0 Å². The van der Waals surface area contributed by atoms with Crippen LogP contribution in [-0.2, 0) is 6.42 Å². The van der Waals surface area contributed by atoms with Crippen molar-refractivity contribution >= 4 is 11.6 Å². The van der Waals surface area contributed by atoms with Crippen molar-refractivity contribution in [2.45, 2.75) is 33.2 Å². The SMILES string of the molecule is CCc1ccc(C(C)Nc2cccc(C(N)=O)c2C)cc1. The van der Waals surface area contributed by atoms with Gasteiger partial charge < -0.3 is 11.1 Å². The van der Waals surface area contributed by atoms with E-state index < -0.39 is 5.91 Å². The van der Waals surface area contributed by atoms with Crippen LogP contribution in [0.25, 0.3) is 0 Å². The molecule has 2 aromatic rings. The number of amides is 1. The number of rotatable bonds is 5. The molecule has 0 aliphatic rings. The molecule has 0 heterocycles.